The van der Waals surface area contributed by atoms with E-state index in [1.54, 1.807) is 6.20 Å². The van der Waals surface area contributed by atoms with Gasteiger partial charge < -0.3 is 20.9 Å². The number of anilines is 2. The zero-order chi connectivity index (χ0) is 25.6. The van der Waals surface area contributed by atoms with E-state index in [2.05, 4.69) is 44.2 Å². The first-order valence-electron chi connectivity index (χ1n) is 12.2. The van der Waals surface area contributed by atoms with Crippen molar-refractivity contribution in [2.45, 2.75) is 44.6 Å². The number of carbonyl (C=O) groups is 2. The van der Waals surface area contributed by atoms with Crippen molar-refractivity contribution in [2.24, 2.45) is 0 Å². The van der Waals surface area contributed by atoms with Crippen LogP contribution in [0, 0.1) is 0 Å². The molecule has 2 amide bonds. The maximum Gasteiger partial charge on any atom is 0.273 e. The summed E-state index contributed by atoms with van der Waals surface area (Å²) in [5, 5.41) is 10.3. The fraction of sp³-hybridized carbons (Fsp3) is 0.423. The van der Waals surface area contributed by atoms with Crippen molar-refractivity contribution >= 4 is 23.5 Å². The first-order chi connectivity index (χ1) is 17.1. The van der Waals surface area contributed by atoms with Crippen LogP contribution in [0.1, 0.15) is 47.4 Å². The van der Waals surface area contributed by atoms with Crippen LogP contribution in [0.5, 0.6) is 0 Å². The average molecular weight is 489 g/mol. The molecule has 1 fully saturated rings. The molecule has 1 atom stereocenters. The number of likely N-dealkylation sites (tertiary alicyclic amines) is 1. The molecule has 1 aromatic carbocycles. The summed E-state index contributed by atoms with van der Waals surface area (Å²) in [5.74, 6) is -0.0165. The number of hydrogen-bond acceptors (Lipinski definition) is 7. The van der Waals surface area contributed by atoms with Crippen LogP contribution in [0.15, 0.2) is 30.5 Å². The number of nitrogens with one attached hydrogen (secondary N) is 2. The summed E-state index contributed by atoms with van der Waals surface area (Å²) in [4.78, 5) is 38.8. The SMILES string of the molecule is CN(C)[C@@H]1CCN(C(=O)Cc2cccc(NC(=O)c3[nH]nc4c3C(C)(C)Cc3cnc(N)nc3-4)c2)C1. The topological polar surface area (TPSA) is 133 Å². The van der Waals surface area contributed by atoms with E-state index in [4.69, 9.17) is 5.73 Å². The molecule has 5 rings (SSSR count). The lowest BCUT2D eigenvalue weighted by Crippen LogP contribution is -2.35. The van der Waals surface area contributed by atoms with Crippen molar-refractivity contribution in [2.75, 3.05) is 38.2 Å². The zero-order valence-electron chi connectivity index (χ0n) is 21.1. The Morgan fingerprint density at radius 3 is 2.83 bits per heavy atom. The minimum absolute atomic E-state index is 0.104. The number of aromatic amines is 1. The number of amides is 2. The number of carbonyl (C=O) groups excluding carboxylic acids is 2. The Bertz CT molecular complexity index is 1330. The molecule has 10 heteroatoms. The maximum atomic E-state index is 13.3. The molecule has 10 nitrogen and oxygen atoms in total. The third-order valence-corrected chi connectivity index (χ3v) is 7.20. The summed E-state index contributed by atoms with van der Waals surface area (Å²) in [7, 11) is 4.09. The second-order valence-corrected chi connectivity index (χ2v) is 10.6. The number of aromatic nitrogens is 4. The highest BCUT2D eigenvalue weighted by atomic mass is 16.2. The van der Waals surface area contributed by atoms with Gasteiger partial charge in [0.25, 0.3) is 5.91 Å². The van der Waals surface area contributed by atoms with E-state index in [0.717, 1.165) is 36.2 Å². The third kappa shape index (κ3) is 4.44. The van der Waals surface area contributed by atoms with Crippen LogP contribution in [-0.2, 0) is 23.1 Å². The van der Waals surface area contributed by atoms with Gasteiger partial charge in [-0.25, -0.2) is 9.97 Å². The molecule has 0 spiro atoms. The molecule has 0 bridgehead atoms. The zero-order valence-corrected chi connectivity index (χ0v) is 21.1. The second kappa shape index (κ2) is 9.02. The fourth-order valence-electron chi connectivity index (χ4n) is 5.28. The van der Waals surface area contributed by atoms with E-state index in [-0.39, 0.29) is 23.2 Å². The van der Waals surface area contributed by atoms with Gasteiger partial charge in [0, 0.05) is 36.6 Å². The fourth-order valence-corrected chi connectivity index (χ4v) is 5.28. The Balaban J connectivity index is 1.33. The molecular weight excluding hydrogens is 456 g/mol. The van der Waals surface area contributed by atoms with Crippen LogP contribution in [0.3, 0.4) is 0 Å². The monoisotopic (exact) mass is 488 g/mol. The molecule has 188 valence electrons. The standard InChI is InChI=1S/C26H32N8O2/c1-26(2)12-16-13-28-25(27)30-21(16)22-20(26)23(32-31-22)24(36)29-17-7-5-6-15(10-17)11-19(35)34-9-8-18(14-34)33(3)4/h5-7,10,13,18H,8-9,11-12,14H2,1-4H3,(H,29,36)(H,31,32)(H2,27,28,30)/t18-/m1/s1. The van der Waals surface area contributed by atoms with Gasteiger partial charge in [-0.2, -0.15) is 5.10 Å². The molecule has 3 aromatic rings. The van der Waals surface area contributed by atoms with E-state index in [1.165, 1.54) is 0 Å². The Labute approximate surface area is 210 Å². The summed E-state index contributed by atoms with van der Waals surface area (Å²) in [6, 6.07) is 7.84. The van der Waals surface area contributed by atoms with Crippen molar-refractivity contribution in [3.05, 3.63) is 52.8 Å². The number of H-pyrrole nitrogens is 1. The predicted molar refractivity (Wildman–Crippen MR) is 138 cm³/mol. The quantitative estimate of drug-likeness (QED) is 0.502. The molecule has 2 aromatic heterocycles. The highest BCUT2D eigenvalue weighted by Crippen LogP contribution is 2.42. The lowest BCUT2D eigenvalue weighted by molar-refractivity contribution is -0.129. The normalized spacial score (nSPS) is 18.1. The van der Waals surface area contributed by atoms with Crippen LogP contribution in [0.2, 0.25) is 0 Å². The maximum absolute atomic E-state index is 13.3. The van der Waals surface area contributed by atoms with Gasteiger partial charge in [-0.3, -0.25) is 14.7 Å². The van der Waals surface area contributed by atoms with Gasteiger partial charge in [-0.15, -0.1) is 0 Å². The van der Waals surface area contributed by atoms with Crippen LogP contribution in [0.25, 0.3) is 11.4 Å². The number of nitrogen functional groups attached to an aromatic ring is 1. The van der Waals surface area contributed by atoms with Gasteiger partial charge in [0.1, 0.15) is 11.4 Å². The molecule has 36 heavy (non-hydrogen) atoms. The molecular formula is C26H32N8O2. The Morgan fingerprint density at radius 2 is 2.08 bits per heavy atom. The Hall–Kier alpha value is -3.79. The molecule has 0 unspecified atom stereocenters. The minimum atomic E-state index is -0.351. The number of benzene rings is 1. The predicted octanol–water partition coefficient (Wildman–Crippen LogP) is 2.24. The summed E-state index contributed by atoms with van der Waals surface area (Å²) in [6.07, 6.45) is 3.68. The van der Waals surface area contributed by atoms with E-state index in [0.29, 0.717) is 41.7 Å². The van der Waals surface area contributed by atoms with Crippen molar-refractivity contribution in [3.63, 3.8) is 0 Å². The van der Waals surface area contributed by atoms with Crippen molar-refractivity contribution in [1.29, 1.82) is 0 Å². The molecule has 0 radical (unpaired) electrons. The summed E-state index contributed by atoms with van der Waals surface area (Å²) >= 11 is 0. The van der Waals surface area contributed by atoms with E-state index in [9.17, 15) is 9.59 Å². The summed E-state index contributed by atoms with van der Waals surface area (Å²) < 4.78 is 0. The average Bonchev–Trinajstić information content (AvgIpc) is 3.49. The van der Waals surface area contributed by atoms with Crippen molar-refractivity contribution in [1.82, 2.24) is 30.0 Å². The number of rotatable bonds is 5. The summed E-state index contributed by atoms with van der Waals surface area (Å²) in [5.41, 5.74) is 10.4. The van der Waals surface area contributed by atoms with Crippen LogP contribution in [-0.4, -0.2) is 75.0 Å². The van der Waals surface area contributed by atoms with Gasteiger partial charge in [0.15, 0.2) is 0 Å². The Morgan fingerprint density at radius 1 is 1.28 bits per heavy atom. The third-order valence-electron chi connectivity index (χ3n) is 7.20. The van der Waals surface area contributed by atoms with Crippen LogP contribution < -0.4 is 11.1 Å². The number of nitrogens with two attached hydrogens (primary N) is 1. The lowest BCUT2D eigenvalue weighted by atomic mass is 9.73. The summed E-state index contributed by atoms with van der Waals surface area (Å²) in [6.45, 7) is 5.67. The first kappa shape index (κ1) is 23.9. The van der Waals surface area contributed by atoms with Crippen molar-refractivity contribution < 1.29 is 9.59 Å². The van der Waals surface area contributed by atoms with Crippen LogP contribution >= 0.6 is 0 Å². The van der Waals surface area contributed by atoms with E-state index < -0.39 is 0 Å². The number of fused-ring (bicyclic) bond motifs is 3. The van der Waals surface area contributed by atoms with Gasteiger partial charge >= 0.3 is 0 Å². The minimum Gasteiger partial charge on any atom is -0.368 e. The van der Waals surface area contributed by atoms with E-state index >= 15 is 0 Å². The highest BCUT2D eigenvalue weighted by Gasteiger charge is 2.38. The number of nitrogens with zero attached hydrogens (tertiary/aromatic N) is 5. The van der Waals surface area contributed by atoms with Gasteiger partial charge in [0.05, 0.1) is 12.1 Å². The highest BCUT2D eigenvalue weighted by molar-refractivity contribution is 6.05. The first-order valence-corrected chi connectivity index (χ1v) is 12.2. The largest absolute Gasteiger partial charge is 0.368 e. The molecule has 3 heterocycles. The lowest BCUT2D eigenvalue weighted by Gasteiger charge is -2.30. The molecule has 4 N–H and O–H groups in total. The second-order valence-electron chi connectivity index (χ2n) is 10.6. The number of hydrogen-bond donors (Lipinski definition) is 3. The molecule has 2 aliphatic rings. The van der Waals surface area contributed by atoms with Crippen LogP contribution in [0.4, 0.5) is 11.6 Å². The number of likely N-dealkylation sites (N-methyl/N-ethyl adjacent to an activating group) is 1. The van der Waals surface area contributed by atoms with Gasteiger partial charge in [-0.1, -0.05) is 26.0 Å². The molecule has 1 saturated heterocycles. The Kier molecular flexibility index (Phi) is 5.99. The molecule has 0 saturated carbocycles. The molecule has 1 aliphatic heterocycles. The van der Waals surface area contributed by atoms with Crippen molar-refractivity contribution in [3.8, 4) is 11.4 Å². The molecule has 1 aliphatic carbocycles. The van der Waals surface area contributed by atoms with Gasteiger partial charge in [-0.05, 0) is 55.6 Å². The smallest absolute Gasteiger partial charge is 0.273 e. The van der Waals surface area contributed by atoms with E-state index in [1.807, 2.05) is 43.3 Å². The van der Waals surface area contributed by atoms with Gasteiger partial charge in [0.2, 0.25) is 11.9 Å².